The van der Waals surface area contributed by atoms with E-state index in [2.05, 4.69) is 10.6 Å². The average Bonchev–Trinajstić information content (AvgIpc) is 2.32. The van der Waals surface area contributed by atoms with Gasteiger partial charge in [-0.05, 0) is 20.3 Å². The number of carboxylic acids is 1. The van der Waals surface area contributed by atoms with Gasteiger partial charge in [0, 0.05) is 6.42 Å². The highest BCUT2D eigenvalue weighted by atomic mass is 16.4. The van der Waals surface area contributed by atoms with Crippen LogP contribution in [0.25, 0.3) is 0 Å². The van der Waals surface area contributed by atoms with Gasteiger partial charge in [-0.1, -0.05) is 0 Å². The summed E-state index contributed by atoms with van der Waals surface area (Å²) in [5.41, 5.74) is 4.90. The number of aliphatic hydroxyl groups is 1. The van der Waals surface area contributed by atoms with Crippen molar-refractivity contribution in [1.29, 1.82) is 0 Å². The second-order valence-corrected chi connectivity index (χ2v) is 4.31. The first-order chi connectivity index (χ1) is 9.15. The maximum atomic E-state index is 11.7. The van der Waals surface area contributed by atoms with Crippen LogP contribution in [0.3, 0.4) is 0 Å². The van der Waals surface area contributed by atoms with E-state index in [0.717, 1.165) is 0 Å². The number of nitrogens with one attached hydrogen (secondary N) is 2. The highest BCUT2D eigenvalue weighted by Gasteiger charge is 2.24. The normalized spacial score (nSPS) is 14.8. The third kappa shape index (κ3) is 6.69. The smallest absolute Gasteiger partial charge is 0.326 e. The van der Waals surface area contributed by atoms with Gasteiger partial charge >= 0.3 is 5.97 Å². The number of amides is 3. The molecule has 114 valence electrons. The molecule has 9 heteroatoms. The molecule has 0 saturated heterocycles. The van der Waals surface area contributed by atoms with Crippen LogP contribution in [0.2, 0.25) is 0 Å². The van der Waals surface area contributed by atoms with E-state index < -0.39 is 41.9 Å². The Bertz CT molecular complexity index is 396. The van der Waals surface area contributed by atoms with Crippen LogP contribution >= 0.6 is 0 Å². The molecule has 0 radical (unpaired) electrons. The Balaban J connectivity index is 4.48. The topological polar surface area (TPSA) is 159 Å². The van der Waals surface area contributed by atoms with Crippen LogP contribution in [0.4, 0.5) is 0 Å². The lowest BCUT2D eigenvalue weighted by molar-refractivity contribution is -0.142. The number of hydrogen-bond donors (Lipinski definition) is 5. The standard InChI is InChI=1S/C11H19N3O6/c1-5(13-10(18)6(2)15)9(17)14-7(11(19)20)3-4-8(12)16/h5-7,15H,3-4H2,1-2H3,(H2,12,16)(H,13,18)(H,14,17)(H,19,20)/t5-,6+,7+/m1/s1. The summed E-state index contributed by atoms with van der Waals surface area (Å²) in [6.07, 6.45) is -1.62. The van der Waals surface area contributed by atoms with E-state index in [1.54, 1.807) is 0 Å². The van der Waals surface area contributed by atoms with Crippen LogP contribution < -0.4 is 16.4 Å². The van der Waals surface area contributed by atoms with Crippen molar-refractivity contribution in [3.05, 3.63) is 0 Å². The predicted octanol–water partition coefficient (Wildman–Crippen LogP) is -2.29. The molecule has 0 spiro atoms. The van der Waals surface area contributed by atoms with E-state index in [9.17, 15) is 19.2 Å². The average molecular weight is 289 g/mol. The molecule has 0 aromatic rings. The van der Waals surface area contributed by atoms with Gasteiger partial charge in [-0.2, -0.15) is 0 Å². The number of primary amides is 1. The Morgan fingerprint density at radius 1 is 1.10 bits per heavy atom. The minimum Gasteiger partial charge on any atom is -0.480 e. The van der Waals surface area contributed by atoms with Crippen LogP contribution in [0.5, 0.6) is 0 Å². The maximum absolute atomic E-state index is 11.7. The van der Waals surface area contributed by atoms with Gasteiger partial charge in [0.1, 0.15) is 18.2 Å². The number of carbonyl (C=O) groups excluding carboxylic acids is 3. The lowest BCUT2D eigenvalue weighted by Crippen LogP contribution is -2.51. The second kappa shape index (κ2) is 8.10. The summed E-state index contributed by atoms with van der Waals surface area (Å²) in [5.74, 6) is -3.48. The van der Waals surface area contributed by atoms with Gasteiger partial charge in [-0.25, -0.2) is 4.79 Å². The Labute approximate surface area is 115 Å². The number of aliphatic carboxylic acids is 1. The van der Waals surface area contributed by atoms with Crippen LogP contribution in [0, 0.1) is 0 Å². The molecule has 0 heterocycles. The first-order valence-corrected chi connectivity index (χ1v) is 5.95. The highest BCUT2D eigenvalue weighted by molar-refractivity contribution is 5.91. The number of aliphatic hydroxyl groups excluding tert-OH is 1. The molecule has 9 nitrogen and oxygen atoms in total. The fraction of sp³-hybridized carbons (Fsp3) is 0.636. The monoisotopic (exact) mass is 289 g/mol. The van der Waals surface area contributed by atoms with Crippen molar-refractivity contribution in [3.63, 3.8) is 0 Å². The third-order valence-corrected chi connectivity index (χ3v) is 2.43. The van der Waals surface area contributed by atoms with Crippen molar-refractivity contribution in [1.82, 2.24) is 10.6 Å². The highest BCUT2D eigenvalue weighted by Crippen LogP contribution is 1.98. The number of carbonyl (C=O) groups is 4. The summed E-state index contributed by atoms with van der Waals surface area (Å²) >= 11 is 0. The molecular formula is C11H19N3O6. The Kier molecular flexibility index (Phi) is 7.22. The van der Waals surface area contributed by atoms with E-state index in [-0.39, 0.29) is 12.8 Å². The summed E-state index contributed by atoms with van der Waals surface area (Å²) in [6.45, 7) is 2.56. The molecule has 0 unspecified atom stereocenters. The molecule has 0 aliphatic rings. The molecule has 3 atom stereocenters. The van der Waals surface area contributed by atoms with Gasteiger partial charge in [-0.3, -0.25) is 14.4 Å². The largest absolute Gasteiger partial charge is 0.480 e. The predicted molar refractivity (Wildman–Crippen MR) is 67.3 cm³/mol. The molecule has 0 saturated carbocycles. The van der Waals surface area contributed by atoms with Gasteiger partial charge in [0.15, 0.2) is 0 Å². The number of rotatable bonds is 8. The summed E-state index contributed by atoms with van der Waals surface area (Å²) in [5, 5.41) is 22.2. The van der Waals surface area contributed by atoms with Gasteiger partial charge in [-0.15, -0.1) is 0 Å². The van der Waals surface area contributed by atoms with E-state index in [1.165, 1.54) is 13.8 Å². The molecule has 0 aromatic carbocycles. The first-order valence-electron chi connectivity index (χ1n) is 5.95. The second-order valence-electron chi connectivity index (χ2n) is 4.31. The van der Waals surface area contributed by atoms with Crippen LogP contribution in [0.1, 0.15) is 26.7 Å². The SMILES string of the molecule is C[C@H](O)C(=O)N[C@H](C)C(=O)N[C@@H](CCC(N)=O)C(=O)O. The van der Waals surface area contributed by atoms with Crippen LogP contribution in [0.15, 0.2) is 0 Å². The lowest BCUT2D eigenvalue weighted by atomic mass is 10.1. The fourth-order valence-corrected chi connectivity index (χ4v) is 1.24. The Hall–Kier alpha value is -2.16. The minimum atomic E-state index is -1.31. The molecule has 20 heavy (non-hydrogen) atoms. The van der Waals surface area contributed by atoms with E-state index in [1.807, 2.05) is 0 Å². The fourth-order valence-electron chi connectivity index (χ4n) is 1.24. The van der Waals surface area contributed by atoms with Crippen molar-refractivity contribution >= 4 is 23.7 Å². The molecule has 3 amide bonds. The van der Waals surface area contributed by atoms with Gasteiger partial charge < -0.3 is 26.6 Å². The molecule has 0 bridgehead atoms. The van der Waals surface area contributed by atoms with Crippen LogP contribution in [-0.4, -0.2) is 52.1 Å². The van der Waals surface area contributed by atoms with Crippen molar-refractivity contribution in [3.8, 4) is 0 Å². The van der Waals surface area contributed by atoms with Crippen LogP contribution in [-0.2, 0) is 19.2 Å². The summed E-state index contributed by atoms with van der Waals surface area (Å²) < 4.78 is 0. The van der Waals surface area contributed by atoms with Crippen molar-refractivity contribution in [2.45, 2.75) is 44.9 Å². The number of carboxylic acid groups (broad SMARTS) is 1. The minimum absolute atomic E-state index is 0.145. The molecule has 0 aromatic heterocycles. The molecule has 0 rings (SSSR count). The Morgan fingerprint density at radius 2 is 1.65 bits per heavy atom. The summed E-state index contributed by atoms with van der Waals surface area (Å²) in [6, 6.07) is -2.30. The first kappa shape index (κ1) is 17.8. The molecular weight excluding hydrogens is 270 g/mol. The molecule has 0 aliphatic carbocycles. The third-order valence-electron chi connectivity index (χ3n) is 2.43. The number of nitrogens with two attached hydrogens (primary N) is 1. The van der Waals surface area contributed by atoms with Gasteiger partial charge in [0.25, 0.3) is 0 Å². The van der Waals surface area contributed by atoms with Crippen molar-refractivity contribution < 1.29 is 29.4 Å². The van der Waals surface area contributed by atoms with E-state index in [4.69, 9.17) is 15.9 Å². The zero-order chi connectivity index (χ0) is 15.9. The molecule has 0 fully saturated rings. The summed E-state index contributed by atoms with van der Waals surface area (Å²) in [4.78, 5) is 44.4. The quantitative estimate of drug-likeness (QED) is 0.338. The maximum Gasteiger partial charge on any atom is 0.326 e. The Morgan fingerprint density at radius 3 is 2.05 bits per heavy atom. The summed E-state index contributed by atoms with van der Waals surface area (Å²) in [7, 11) is 0. The zero-order valence-corrected chi connectivity index (χ0v) is 11.3. The van der Waals surface area contributed by atoms with Crippen molar-refractivity contribution in [2.75, 3.05) is 0 Å². The van der Waals surface area contributed by atoms with E-state index >= 15 is 0 Å². The van der Waals surface area contributed by atoms with Gasteiger partial charge in [0.2, 0.25) is 17.7 Å². The number of hydrogen-bond acceptors (Lipinski definition) is 5. The molecule has 6 N–H and O–H groups in total. The van der Waals surface area contributed by atoms with E-state index in [0.29, 0.717) is 0 Å². The molecule has 0 aliphatic heterocycles. The zero-order valence-electron chi connectivity index (χ0n) is 11.3. The van der Waals surface area contributed by atoms with Crippen molar-refractivity contribution in [2.24, 2.45) is 5.73 Å². The lowest BCUT2D eigenvalue weighted by Gasteiger charge is -2.18. The van der Waals surface area contributed by atoms with Gasteiger partial charge in [0.05, 0.1) is 0 Å².